The number of rotatable bonds is 2. The Hall–Kier alpha value is -1.51. The summed E-state index contributed by atoms with van der Waals surface area (Å²) >= 11 is 0. The number of carbonyl (C=O) groups is 1. The number of anilines is 1. The van der Waals surface area contributed by atoms with Gasteiger partial charge in [0.05, 0.1) is 0 Å². The van der Waals surface area contributed by atoms with Crippen LogP contribution in [0.15, 0.2) is 24.3 Å². The lowest BCUT2D eigenvalue weighted by atomic mass is 10.0. The van der Waals surface area contributed by atoms with Crippen LogP contribution in [-0.2, 0) is 0 Å². The predicted molar refractivity (Wildman–Crippen MR) is 68.0 cm³/mol. The quantitative estimate of drug-likeness (QED) is 0.751. The van der Waals surface area contributed by atoms with E-state index in [1.807, 2.05) is 12.1 Å². The minimum absolute atomic E-state index is 0.0164. The topological polar surface area (TPSA) is 23.6 Å². The Morgan fingerprint density at radius 2 is 1.56 bits per heavy atom. The van der Waals surface area contributed by atoms with Gasteiger partial charge in [0.25, 0.3) is 0 Å². The fraction of sp³-hybridized carbons (Fsp3) is 0.462. The van der Waals surface area contributed by atoms with Crippen molar-refractivity contribution in [3.05, 3.63) is 29.8 Å². The molecule has 0 aliphatic carbocycles. The van der Waals surface area contributed by atoms with Crippen molar-refractivity contribution in [2.45, 2.75) is 19.8 Å². The number of amides is 2. The van der Waals surface area contributed by atoms with Gasteiger partial charge in [-0.25, -0.2) is 4.79 Å². The Morgan fingerprint density at radius 1 is 1.06 bits per heavy atom. The summed E-state index contributed by atoms with van der Waals surface area (Å²) in [6.07, 6.45) is 0. The molecule has 0 aromatic heterocycles. The molecule has 0 fully saturated rings. The minimum Gasteiger partial charge on any atom is -0.330 e. The van der Waals surface area contributed by atoms with Crippen LogP contribution < -0.4 is 4.90 Å². The van der Waals surface area contributed by atoms with Gasteiger partial charge in [-0.15, -0.1) is 0 Å². The summed E-state index contributed by atoms with van der Waals surface area (Å²) in [5, 5.41) is 0. The summed E-state index contributed by atoms with van der Waals surface area (Å²) in [4.78, 5) is 14.9. The van der Waals surface area contributed by atoms with Crippen LogP contribution in [0.4, 0.5) is 10.5 Å². The van der Waals surface area contributed by atoms with Crippen molar-refractivity contribution in [1.29, 1.82) is 0 Å². The van der Waals surface area contributed by atoms with E-state index in [0.717, 1.165) is 5.69 Å². The van der Waals surface area contributed by atoms with E-state index in [1.165, 1.54) is 5.56 Å². The third kappa shape index (κ3) is 2.75. The van der Waals surface area contributed by atoms with Gasteiger partial charge in [-0.2, -0.15) is 0 Å². The van der Waals surface area contributed by atoms with Crippen molar-refractivity contribution in [2.24, 2.45) is 0 Å². The second-order valence-electron chi connectivity index (χ2n) is 4.48. The number of carbonyl (C=O) groups excluding carboxylic acids is 1. The maximum atomic E-state index is 11.7. The first kappa shape index (κ1) is 12.6. The number of urea groups is 1. The molecule has 16 heavy (non-hydrogen) atoms. The van der Waals surface area contributed by atoms with Crippen molar-refractivity contribution in [1.82, 2.24) is 4.90 Å². The van der Waals surface area contributed by atoms with Crippen molar-refractivity contribution in [3.8, 4) is 0 Å². The van der Waals surface area contributed by atoms with Gasteiger partial charge < -0.3 is 4.90 Å². The second kappa shape index (κ2) is 5.01. The second-order valence-corrected chi connectivity index (χ2v) is 4.48. The largest absolute Gasteiger partial charge is 0.330 e. The van der Waals surface area contributed by atoms with Gasteiger partial charge in [0.15, 0.2) is 0 Å². The molecule has 0 radical (unpaired) electrons. The highest BCUT2D eigenvalue weighted by molar-refractivity contribution is 5.91. The molecule has 1 rings (SSSR count). The van der Waals surface area contributed by atoms with Crippen LogP contribution in [0, 0.1) is 0 Å². The fourth-order valence-electron chi connectivity index (χ4n) is 1.49. The summed E-state index contributed by atoms with van der Waals surface area (Å²) in [6.45, 7) is 4.31. The molecule has 0 aliphatic rings. The van der Waals surface area contributed by atoms with Crippen LogP contribution in [0.3, 0.4) is 0 Å². The van der Waals surface area contributed by atoms with E-state index < -0.39 is 0 Å². The van der Waals surface area contributed by atoms with Gasteiger partial charge in [0.2, 0.25) is 0 Å². The van der Waals surface area contributed by atoms with Gasteiger partial charge in [-0.1, -0.05) is 26.0 Å². The average Bonchev–Trinajstić information content (AvgIpc) is 2.27. The molecule has 88 valence electrons. The molecule has 3 nitrogen and oxygen atoms in total. The predicted octanol–water partition coefficient (Wildman–Crippen LogP) is 2.93. The first-order valence-electron chi connectivity index (χ1n) is 5.48. The average molecular weight is 220 g/mol. The van der Waals surface area contributed by atoms with Crippen LogP contribution in [0.1, 0.15) is 25.3 Å². The number of benzene rings is 1. The molecule has 2 amide bonds. The Bertz CT molecular complexity index is 355. The molecule has 1 aromatic carbocycles. The van der Waals surface area contributed by atoms with Gasteiger partial charge in [0, 0.05) is 26.8 Å². The number of hydrogen-bond acceptors (Lipinski definition) is 1. The van der Waals surface area contributed by atoms with Gasteiger partial charge in [-0.3, -0.25) is 4.90 Å². The zero-order valence-electron chi connectivity index (χ0n) is 10.7. The minimum atomic E-state index is -0.0164. The third-order valence-electron chi connectivity index (χ3n) is 2.62. The molecule has 0 saturated carbocycles. The normalized spacial score (nSPS) is 10.4. The van der Waals surface area contributed by atoms with E-state index in [1.54, 1.807) is 30.9 Å². The van der Waals surface area contributed by atoms with E-state index in [9.17, 15) is 4.79 Å². The fourth-order valence-corrected chi connectivity index (χ4v) is 1.49. The highest BCUT2D eigenvalue weighted by Crippen LogP contribution is 2.19. The highest BCUT2D eigenvalue weighted by atomic mass is 16.2. The molecule has 0 spiro atoms. The summed E-state index contributed by atoms with van der Waals surface area (Å²) in [5.41, 5.74) is 2.21. The van der Waals surface area contributed by atoms with Crippen LogP contribution in [0.5, 0.6) is 0 Å². The monoisotopic (exact) mass is 220 g/mol. The molecule has 3 heteroatoms. The maximum Gasteiger partial charge on any atom is 0.323 e. The van der Waals surface area contributed by atoms with Gasteiger partial charge in [0.1, 0.15) is 0 Å². The zero-order valence-corrected chi connectivity index (χ0v) is 10.7. The van der Waals surface area contributed by atoms with Gasteiger partial charge >= 0.3 is 6.03 Å². The van der Waals surface area contributed by atoms with Crippen molar-refractivity contribution >= 4 is 11.7 Å². The Labute approximate surface area is 97.7 Å². The Balaban J connectivity index is 2.85. The molecule has 0 atom stereocenters. The van der Waals surface area contributed by atoms with Crippen LogP contribution >= 0.6 is 0 Å². The Morgan fingerprint density at radius 3 is 1.94 bits per heavy atom. The molecule has 0 saturated heterocycles. The van der Waals surface area contributed by atoms with E-state index in [2.05, 4.69) is 26.0 Å². The third-order valence-corrected chi connectivity index (χ3v) is 2.62. The van der Waals surface area contributed by atoms with E-state index in [4.69, 9.17) is 0 Å². The smallest absolute Gasteiger partial charge is 0.323 e. The van der Waals surface area contributed by atoms with Crippen molar-refractivity contribution in [2.75, 3.05) is 26.0 Å². The lowest BCUT2D eigenvalue weighted by Gasteiger charge is -2.22. The van der Waals surface area contributed by atoms with E-state index in [-0.39, 0.29) is 6.03 Å². The van der Waals surface area contributed by atoms with E-state index in [0.29, 0.717) is 5.92 Å². The van der Waals surface area contributed by atoms with Crippen molar-refractivity contribution in [3.63, 3.8) is 0 Å². The number of hydrogen-bond donors (Lipinski definition) is 0. The van der Waals surface area contributed by atoms with Crippen LogP contribution in [-0.4, -0.2) is 32.1 Å². The molecule has 0 unspecified atom stereocenters. The summed E-state index contributed by atoms with van der Waals surface area (Å²) in [7, 11) is 5.29. The molecular weight excluding hydrogens is 200 g/mol. The maximum absolute atomic E-state index is 11.7. The molecule has 0 N–H and O–H groups in total. The van der Waals surface area contributed by atoms with Crippen molar-refractivity contribution < 1.29 is 4.79 Å². The highest BCUT2D eigenvalue weighted by Gasteiger charge is 2.12. The summed E-state index contributed by atoms with van der Waals surface area (Å²) < 4.78 is 0. The SMILES string of the molecule is CC(C)c1ccc(N(C)C(=O)N(C)C)cc1. The lowest BCUT2D eigenvalue weighted by molar-refractivity contribution is 0.225. The van der Waals surface area contributed by atoms with Gasteiger partial charge in [-0.05, 0) is 23.6 Å². The van der Waals surface area contributed by atoms with Crippen LogP contribution in [0.2, 0.25) is 0 Å². The molecule has 0 bridgehead atoms. The first-order chi connectivity index (χ1) is 7.43. The standard InChI is InChI=1S/C13H20N2O/c1-10(2)11-6-8-12(9-7-11)15(5)13(16)14(3)4/h6-10H,1-5H3. The van der Waals surface area contributed by atoms with E-state index >= 15 is 0 Å². The molecule has 0 heterocycles. The molecular formula is C13H20N2O. The van der Waals surface area contributed by atoms with Crippen LogP contribution in [0.25, 0.3) is 0 Å². The first-order valence-corrected chi connectivity index (χ1v) is 5.48. The zero-order chi connectivity index (χ0) is 12.3. The molecule has 0 aliphatic heterocycles. The number of nitrogens with zero attached hydrogens (tertiary/aromatic N) is 2. The summed E-state index contributed by atoms with van der Waals surface area (Å²) in [5.74, 6) is 0.518. The summed E-state index contributed by atoms with van der Waals surface area (Å²) in [6, 6.07) is 8.09. The lowest BCUT2D eigenvalue weighted by Crippen LogP contribution is -2.36. The molecule has 1 aromatic rings. The Kier molecular flexibility index (Phi) is 3.93.